The van der Waals surface area contributed by atoms with E-state index in [1.165, 1.54) is 0 Å². The van der Waals surface area contributed by atoms with E-state index in [1.807, 2.05) is 35.4 Å². The highest BCUT2D eigenvalue weighted by Crippen LogP contribution is 2.39. The van der Waals surface area contributed by atoms with Crippen molar-refractivity contribution in [1.29, 1.82) is 0 Å². The zero-order valence-electron chi connectivity index (χ0n) is 8.98. The van der Waals surface area contributed by atoms with Gasteiger partial charge >= 0.3 is 0 Å². The first kappa shape index (κ1) is 11.8. The molecule has 3 nitrogen and oxygen atoms in total. The van der Waals surface area contributed by atoms with Crippen LogP contribution >= 0.6 is 23.4 Å². The maximum atomic E-state index is 6.23. The first-order chi connectivity index (χ1) is 7.65. The summed E-state index contributed by atoms with van der Waals surface area (Å²) in [4.78, 5) is 2.02. The average Bonchev–Trinajstić information content (AvgIpc) is 2.59. The monoisotopic (exact) mass is 255 g/mol. The van der Waals surface area contributed by atoms with Crippen LogP contribution in [0.25, 0.3) is 0 Å². The molecular weight excluding hydrogens is 242 g/mol. The minimum Gasteiger partial charge on any atom is -0.326 e. The number of rotatable bonds is 2. The van der Waals surface area contributed by atoms with E-state index >= 15 is 0 Å². The molecule has 5 heteroatoms. The Hall–Kier alpha value is -0.680. The summed E-state index contributed by atoms with van der Waals surface area (Å²) < 4.78 is 0. The molecule has 1 aromatic carbocycles. The van der Waals surface area contributed by atoms with Crippen molar-refractivity contribution in [2.75, 3.05) is 4.90 Å². The molecule has 0 aromatic heterocycles. The maximum Gasteiger partial charge on any atom is 0.133 e. The van der Waals surface area contributed by atoms with Gasteiger partial charge in [-0.25, -0.2) is 0 Å². The second kappa shape index (κ2) is 4.67. The van der Waals surface area contributed by atoms with E-state index in [0.717, 1.165) is 16.9 Å². The van der Waals surface area contributed by atoms with Crippen LogP contribution in [0.15, 0.2) is 29.3 Å². The second-order valence-corrected chi connectivity index (χ2v) is 5.01. The Morgan fingerprint density at radius 3 is 2.81 bits per heavy atom. The van der Waals surface area contributed by atoms with Gasteiger partial charge in [-0.05, 0) is 24.0 Å². The van der Waals surface area contributed by atoms with Crippen LogP contribution in [0.4, 0.5) is 5.69 Å². The van der Waals surface area contributed by atoms with Crippen molar-refractivity contribution >= 4 is 29.1 Å². The molecule has 0 bridgehead atoms. The summed E-state index contributed by atoms with van der Waals surface area (Å²) in [6, 6.07) is 5.74. The Morgan fingerprint density at radius 1 is 1.50 bits per heavy atom. The van der Waals surface area contributed by atoms with Crippen molar-refractivity contribution in [2.45, 2.75) is 19.0 Å². The van der Waals surface area contributed by atoms with Gasteiger partial charge in [0.15, 0.2) is 0 Å². The summed E-state index contributed by atoms with van der Waals surface area (Å²) in [5.74, 6) is 0. The molecule has 2 rings (SSSR count). The van der Waals surface area contributed by atoms with Gasteiger partial charge in [0, 0.05) is 12.2 Å². The third kappa shape index (κ3) is 1.94. The van der Waals surface area contributed by atoms with Crippen LogP contribution in [0.2, 0.25) is 5.02 Å². The highest BCUT2D eigenvalue weighted by Gasteiger charge is 2.25. The molecule has 4 N–H and O–H groups in total. The van der Waals surface area contributed by atoms with Crippen molar-refractivity contribution in [3.63, 3.8) is 0 Å². The van der Waals surface area contributed by atoms with E-state index in [2.05, 4.69) is 0 Å². The van der Waals surface area contributed by atoms with Gasteiger partial charge in [0.2, 0.25) is 0 Å². The Kier molecular flexibility index (Phi) is 3.44. The van der Waals surface area contributed by atoms with Crippen LogP contribution in [-0.2, 0) is 6.54 Å². The second-order valence-electron chi connectivity index (χ2n) is 3.61. The topological polar surface area (TPSA) is 55.3 Å². The van der Waals surface area contributed by atoms with Crippen molar-refractivity contribution in [3.05, 3.63) is 39.9 Å². The first-order valence-corrected chi connectivity index (χ1v) is 6.31. The molecule has 1 atom stereocenters. The van der Waals surface area contributed by atoms with Crippen LogP contribution in [0, 0.1) is 0 Å². The number of para-hydroxylation sites is 1. The quantitative estimate of drug-likeness (QED) is 0.853. The third-order valence-corrected chi connectivity index (χ3v) is 3.82. The summed E-state index contributed by atoms with van der Waals surface area (Å²) in [6.07, 6.45) is 0. The molecule has 1 heterocycles. The molecule has 1 aliphatic heterocycles. The number of hydrogen-bond acceptors (Lipinski definition) is 4. The first-order valence-electron chi connectivity index (χ1n) is 4.99. The fourth-order valence-corrected chi connectivity index (χ4v) is 2.91. The van der Waals surface area contributed by atoms with E-state index in [9.17, 15) is 0 Å². The Bertz CT molecular complexity index is 433. The minimum absolute atomic E-state index is 0.120. The smallest absolute Gasteiger partial charge is 0.133 e. The van der Waals surface area contributed by atoms with Gasteiger partial charge < -0.3 is 16.4 Å². The van der Waals surface area contributed by atoms with E-state index in [-0.39, 0.29) is 5.50 Å². The van der Waals surface area contributed by atoms with E-state index in [1.54, 1.807) is 11.8 Å². The van der Waals surface area contributed by atoms with Crippen molar-refractivity contribution < 1.29 is 0 Å². The largest absolute Gasteiger partial charge is 0.326 e. The molecule has 86 valence electrons. The molecule has 0 spiro atoms. The van der Waals surface area contributed by atoms with E-state index in [4.69, 9.17) is 23.1 Å². The molecule has 16 heavy (non-hydrogen) atoms. The van der Waals surface area contributed by atoms with Gasteiger partial charge in [-0.3, -0.25) is 0 Å². The number of hydrogen-bond donors (Lipinski definition) is 2. The summed E-state index contributed by atoms with van der Waals surface area (Å²) in [5.41, 5.74) is 14.7. The fourth-order valence-electron chi connectivity index (χ4n) is 1.78. The van der Waals surface area contributed by atoms with Gasteiger partial charge in [0.25, 0.3) is 0 Å². The number of anilines is 1. The van der Waals surface area contributed by atoms with Gasteiger partial charge in [-0.1, -0.05) is 35.5 Å². The molecular formula is C11H14ClN3S. The van der Waals surface area contributed by atoms with Gasteiger partial charge in [-0.15, -0.1) is 0 Å². The predicted molar refractivity (Wildman–Crippen MR) is 71.1 cm³/mol. The van der Waals surface area contributed by atoms with Crippen LogP contribution in [0.3, 0.4) is 0 Å². The summed E-state index contributed by atoms with van der Waals surface area (Å²) in [7, 11) is 0. The Labute approximate surface area is 104 Å². The number of halogens is 1. The van der Waals surface area contributed by atoms with Gasteiger partial charge in [0.05, 0.1) is 10.7 Å². The van der Waals surface area contributed by atoms with Crippen LogP contribution in [0.5, 0.6) is 0 Å². The molecule has 1 aromatic rings. The van der Waals surface area contributed by atoms with Crippen molar-refractivity contribution in [1.82, 2.24) is 0 Å². The minimum atomic E-state index is -0.120. The van der Waals surface area contributed by atoms with Crippen LogP contribution < -0.4 is 16.4 Å². The molecule has 1 aliphatic rings. The highest BCUT2D eigenvalue weighted by atomic mass is 35.5. The van der Waals surface area contributed by atoms with Gasteiger partial charge in [0.1, 0.15) is 5.50 Å². The molecule has 0 amide bonds. The van der Waals surface area contributed by atoms with Crippen LogP contribution in [0.1, 0.15) is 12.5 Å². The average molecular weight is 256 g/mol. The Balaban J connectivity index is 2.50. The zero-order chi connectivity index (χ0) is 11.7. The van der Waals surface area contributed by atoms with Crippen molar-refractivity contribution in [2.24, 2.45) is 11.5 Å². The lowest BCUT2D eigenvalue weighted by molar-refractivity contribution is 0.872. The number of allylic oxidation sites excluding steroid dienone is 1. The lowest BCUT2D eigenvalue weighted by atomic mass is 10.1. The van der Waals surface area contributed by atoms with Gasteiger partial charge in [-0.2, -0.15) is 0 Å². The van der Waals surface area contributed by atoms with E-state index < -0.39 is 0 Å². The maximum absolute atomic E-state index is 6.23. The van der Waals surface area contributed by atoms with E-state index in [0.29, 0.717) is 11.6 Å². The SMILES string of the molecule is CC1=CSC(N)N1c1c(Cl)cccc1CN. The molecule has 0 radical (unpaired) electrons. The summed E-state index contributed by atoms with van der Waals surface area (Å²) in [5, 5.41) is 2.72. The summed E-state index contributed by atoms with van der Waals surface area (Å²) in [6.45, 7) is 2.47. The molecule has 0 saturated heterocycles. The Morgan fingerprint density at radius 2 is 2.25 bits per heavy atom. The highest BCUT2D eigenvalue weighted by molar-refractivity contribution is 8.03. The lowest BCUT2D eigenvalue weighted by Gasteiger charge is -2.28. The number of nitrogens with two attached hydrogens (primary N) is 2. The summed E-state index contributed by atoms with van der Waals surface area (Å²) >= 11 is 7.81. The molecule has 0 saturated carbocycles. The number of thioether (sulfide) groups is 1. The lowest BCUT2D eigenvalue weighted by Crippen LogP contribution is -2.35. The van der Waals surface area contributed by atoms with Crippen LogP contribution in [-0.4, -0.2) is 5.50 Å². The predicted octanol–water partition coefficient (Wildman–Crippen LogP) is 2.46. The number of benzene rings is 1. The molecule has 0 aliphatic carbocycles. The van der Waals surface area contributed by atoms with Crippen molar-refractivity contribution in [3.8, 4) is 0 Å². The standard InChI is InChI=1S/C11H14ClN3S/c1-7-6-16-11(14)15(7)10-8(5-13)3-2-4-9(10)12/h2-4,6,11H,5,13-14H2,1H3. The number of nitrogens with zero attached hydrogens (tertiary/aromatic N) is 1. The zero-order valence-corrected chi connectivity index (χ0v) is 10.6. The third-order valence-electron chi connectivity index (χ3n) is 2.54. The normalized spacial score (nSPS) is 20.1. The molecule has 1 unspecified atom stereocenters. The molecule has 0 fully saturated rings. The fraction of sp³-hybridized carbons (Fsp3) is 0.273.